The van der Waals surface area contributed by atoms with Gasteiger partial charge in [-0.1, -0.05) is 12.1 Å². The topological polar surface area (TPSA) is 94.4 Å². The van der Waals surface area contributed by atoms with E-state index < -0.39 is 17.7 Å². The molecule has 1 saturated carbocycles. The summed E-state index contributed by atoms with van der Waals surface area (Å²) in [5.41, 5.74) is 5.33. The Bertz CT molecular complexity index is 411. The van der Waals surface area contributed by atoms with Crippen LogP contribution in [0.5, 0.6) is 0 Å². The molecule has 1 aliphatic rings. The summed E-state index contributed by atoms with van der Waals surface area (Å²) in [5.74, 6) is 1.52. The van der Waals surface area contributed by atoms with E-state index in [9.17, 15) is 5.11 Å². The maximum Gasteiger partial charge on any atom is 0.246 e. The molecule has 3 N–H and O–H groups in total. The zero-order valence-corrected chi connectivity index (χ0v) is 11.8. The SMILES string of the molecule is COC1(c2noc(C(N)C(C)O)n2)CCC(C)CC1. The second-order valence-corrected chi connectivity index (χ2v) is 5.60. The van der Waals surface area contributed by atoms with E-state index in [1.807, 2.05) is 0 Å². The summed E-state index contributed by atoms with van der Waals surface area (Å²) in [6.07, 6.45) is 3.21. The van der Waals surface area contributed by atoms with Gasteiger partial charge in [-0.25, -0.2) is 0 Å². The average molecular weight is 269 g/mol. The molecule has 6 nitrogen and oxygen atoms in total. The van der Waals surface area contributed by atoms with E-state index >= 15 is 0 Å². The van der Waals surface area contributed by atoms with Crippen LogP contribution in [0.4, 0.5) is 0 Å². The van der Waals surface area contributed by atoms with Gasteiger partial charge in [0.25, 0.3) is 0 Å². The minimum Gasteiger partial charge on any atom is -0.391 e. The lowest BCUT2D eigenvalue weighted by Crippen LogP contribution is -2.34. The number of nitrogens with zero attached hydrogens (tertiary/aromatic N) is 2. The van der Waals surface area contributed by atoms with Crippen molar-refractivity contribution in [2.45, 2.75) is 57.3 Å². The van der Waals surface area contributed by atoms with Crippen molar-refractivity contribution in [1.82, 2.24) is 10.1 Å². The summed E-state index contributed by atoms with van der Waals surface area (Å²) in [7, 11) is 1.68. The van der Waals surface area contributed by atoms with Crippen LogP contribution in [-0.4, -0.2) is 28.5 Å². The quantitative estimate of drug-likeness (QED) is 0.860. The van der Waals surface area contributed by atoms with Gasteiger partial charge in [0.2, 0.25) is 11.7 Å². The van der Waals surface area contributed by atoms with Crippen LogP contribution in [0.25, 0.3) is 0 Å². The predicted molar refractivity (Wildman–Crippen MR) is 69.2 cm³/mol. The Balaban J connectivity index is 2.20. The van der Waals surface area contributed by atoms with Crippen LogP contribution < -0.4 is 5.73 Å². The number of rotatable bonds is 4. The Labute approximate surface area is 113 Å². The molecule has 108 valence electrons. The Morgan fingerprint density at radius 2 is 2.11 bits per heavy atom. The molecule has 0 bridgehead atoms. The molecule has 0 spiro atoms. The molecule has 0 amide bonds. The minimum absolute atomic E-state index is 0.264. The largest absolute Gasteiger partial charge is 0.391 e. The maximum absolute atomic E-state index is 9.47. The Hall–Kier alpha value is -0.980. The van der Waals surface area contributed by atoms with E-state index in [0.717, 1.165) is 25.7 Å². The highest BCUT2D eigenvalue weighted by Crippen LogP contribution is 2.40. The first-order chi connectivity index (χ1) is 8.98. The molecule has 0 aliphatic heterocycles. The fraction of sp³-hybridized carbons (Fsp3) is 0.846. The van der Waals surface area contributed by atoms with Crippen LogP contribution in [0.2, 0.25) is 0 Å². The van der Waals surface area contributed by atoms with Crippen molar-refractivity contribution < 1.29 is 14.4 Å². The van der Waals surface area contributed by atoms with Gasteiger partial charge in [0.15, 0.2) is 0 Å². The standard InChI is InChI=1S/C13H23N3O3/c1-8-4-6-13(18-3,7-5-8)12-15-11(19-16-12)10(14)9(2)17/h8-10,17H,4-7,14H2,1-3H3. The Morgan fingerprint density at radius 1 is 1.47 bits per heavy atom. The van der Waals surface area contributed by atoms with Gasteiger partial charge in [0.1, 0.15) is 11.6 Å². The molecule has 1 aliphatic carbocycles. The number of nitrogens with two attached hydrogens (primary N) is 1. The molecule has 1 fully saturated rings. The molecule has 19 heavy (non-hydrogen) atoms. The van der Waals surface area contributed by atoms with Crippen LogP contribution in [0.1, 0.15) is 57.3 Å². The summed E-state index contributed by atoms with van der Waals surface area (Å²) in [6, 6.07) is -0.655. The number of aromatic nitrogens is 2. The van der Waals surface area contributed by atoms with Crippen LogP contribution in [0, 0.1) is 5.92 Å². The zero-order chi connectivity index (χ0) is 14.0. The monoisotopic (exact) mass is 269 g/mol. The molecule has 0 radical (unpaired) electrons. The van der Waals surface area contributed by atoms with Gasteiger partial charge < -0.3 is 20.1 Å². The molecule has 6 heteroatoms. The predicted octanol–water partition coefficient (Wildman–Crippen LogP) is 1.50. The third-order valence-electron chi connectivity index (χ3n) is 4.13. The van der Waals surface area contributed by atoms with Gasteiger partial charge >= 0.3 is 0 Å². The number of methoxy groups -OCH3 is 1. The zero-order valence-electron chi connectivity index (χ0n) is 11.8. The molecule has 2 unspecified atom stereocenters. The van der Waals surface area contributed by atoms with E-state index in [-0.39, 0.29) is 5.89 Å². The van der Waals surface area contributed by atoms with Crippen molar-refractivity contribution in [3.63, 3.8) is 0 Å². The van der Waals surface area contributed by atoms with E-state index in [2.05, 4.69) is 17.1 Å². The van der Waals surface area contributed by atoms with Gasteiger partial charge in [-0.15, -0.1) is 0 Å². The van der Waals surface area contributed by atoms with Crippen LogP contribution in [0.15, 0.2) is 4.52 Å². The van der Waals surface area contributed by atoms with Crippen molar-refractivity contribution in [2.75, 3.05) is 7.11 Å². The number of ether oxygens (including phenoxy) is 1. The highest BCUT2D eigenvalue weighted by Gasteiger charge is 2.40. The number of hydrogen-bond donors (Lipinski definition) is 2. The minimum atomic E-state index is -0.724. The Kier molecular flexibility index (Phi) is 4.23. The molecule has 1 heterocycles. The van der Waals surface area contributed by atoms with Crippen LogP contribution in [0.3, 0.4) is 0 Å². The van der Waals surface area contributed by atoms with Crippen molar-refractivity contribution in [1.29, 1.82) is 0 Å². The fourth-order valence-corrected chi connectivity index (χ4v) is 2.51. The van der Waals surface area contributed by atoms with E-state index in [1.54, 1.807) is 14.0 Å². The molecular weight excluding hydrogens is 246 g/mol. The molecule has 1 aromatic rings. The van der Waals surface area contributed by atoms with Crippen molar-refractivity contribution in [2.24, 2.45) is 11.7 Å². The Morgan fingerprint density at radius 3 is 2.63 bits per heavy atom. The highest BCUT2D eigenvalue weighted by atomic mass is 16.5. The summed E-state index contributed by atoms with van der Waals surface area (Å²) in [5, 5.41) is 13.5. The third-order valence-corrected chi connectivity index (χ3v) is 4.13. The van der Waals surface area contributed by atoms with E-state index in [4.69, 9.17) is 15.0 Å². The normalized spacial score (nSPS) is 31.1. The summed E-state index contributed by atoms with van der Waals surface area (Å²) < 4.78 is 10.8. The summed E-state index contributed by atoms with van der Waals surface area (Å²) in [6.45, 7) is 3.84. The molecule has 0 aromatic carbocycles. The molecule has 2 atom stereocenters. The number of aliphatic hydroxyl groups is 1. The van der Waals surface area contributed by atoms with Crippen LogP contribution in [-0.2, 0) is 10.3 Å². The van der Waals surface area contributed by atoms with Gasteiger partial charge in [-0.05, 0) is 38.5 Å². The first-order valence-corrected chi connectivity index (χ1v) is 6.81. The molecular formula is C13H23N3O3. The molecule has 0 saturated heterocycles. The van der Waals surface area contributed by atoms with E-state index in [1.165, 1.54) is 0 Å². The fourth-order valence-electron chi connectivity index (χ4n) is 2.51. The second-order valence-electron chi connectivity index (χ2n) is 5.60. The number of aliphatic hydroxyl groups excluding tert-OH is 1. The lowest BCUT2D eigenvalue weighted by atomic mass is 9.79. The van der Waals surface area contributed by atoms with Crippen molar-refractivity contribution in [3.8, 4) is 0 Å². The van der Waals surface area contributed by atoms with Gasteiger partial charge in [-0.3, -0.25) is 0 Å². The first kappa shape index (κ1) is 14.4. The summed E-state index contributed by atoms with van der Waals surface area (Å²) >= 11 is 0. The van der Waals surface area contributed by atoms with E-state index in [0.29, 0.717) is 11.7 Å². The number of hydrogen-bond acceptors (Lipinski definition) is 6. The van der Waals surface area contributed by atoms with Crippen LogP contribution >= 0.6 is 0 Å². The van der Waals surface area contributed by atoms with Gasteiger partial charge in [0, 0.05) is 7.11 Å². The van der Waals surface area contributed by atoms with Gasteiger partial charge in [-0.2, -0.15) is 4.98 Å². The average Bonchev–Trinajstić information content (AvgIpc) is 2.89. The first-order valence-electron chi connectivity index (χ1n) is 6.81. The highest BCUT2D eigenvalue weighted by molar-refractivity contribution is 5.05. The lowest BCUT2D eigenvalue weighted by molar-refractivity contribution is -0.0609. The smallest absolute Gasteiger partial charge is 0.246 e. The molecule has 2 rings (SSSR count). The van der Waals surface area contributed by atoms with Crippen molar-refractivity contribution >= 4 is 0 Å². The lowest BCUT2D eigenvalue weighted by Gasteiger charge is -2.35. The second kappa shape index (κ2) is 5.56. The maximum atomic E-state index is 9.47. The molecule has 1 aromatic heterocycles. The summed E-state index contributed by atoms with van der Waals surface area (Å²) in [4.78, 5) is 4.34. The van der Waals surface area contributed by atoms with Crippen molar-refractivity contribution in [3.05, 3.63) is 11.7 Å². The van der Waals surface area contributed by atoms with Gasteiger partial charge in [0.05, 0.1) is 6.10 Å². The third kappa shape index (κ3) is 2.80.